The topological polar surface area (TPSA) is 98.3 Å². The number of benzene rings is 1. The van der Waals surface area contributed by atoms with Gasteiger partial charge < -0.3 is 20.9 Å². The van der Waals surface area contributed by atoms with Gasteiger partial charge in [-0.2, -0.15) is 5.10 Å². The number of nitrogens with zero attached hydrogens (tertiary/aromatic N) is 3. The zero-order chi connectivity index (χ0) is 24.4. The number of hydrogen-bond donors (Lipinski definition) is 5. The van der Waals surface area contributed by atoms with Gasteiger partial charge >= 0.3 is 0 Å². The molecule has 0 aliphatic carbocycles. The van der Waals surface area contributed by atoms with Crippen LogP contribution in [0.1, 0.15) is 29.0 Å². The predicted octanol–water partition coefficient (Wildman–Crippen LogP) is 2.53. The Labute approximate surface area is 209 Å². The first-order valence-electron chi connectivity index (χ1n) is 11.9. The monoisotopic (exact) mass is 492 g/mol. The first-order valence-corrected chi connectivity index (χ1v) is 12.8. The van der Waals surface area contributed by atoms with Crippen molar-refractivity contribution in [3.8, 4) is 10.4 Å². The highest BCUT2D eigenvalue weighted by atomic mass is 32.1. The molecule has 2 aromatic heterocycles. The number of anilines is 2. The first-order chi connectivity index (χ1) is 17.0. The number of aromatic nitrogens is 2. The molecule has 184 valence electrons. The van der Waals surface area contributed by atoms with E-state index in [9.17, 15) is 4.79 Å². The van der Waals surface area contributed by atoms with Gasteiger partial charge in [0, 0.05) is 49.5 Å². The van der Waals surface area contributed by atoms with E-state index in [0.29, 0.717) is 11.5 Å². The van der Waals surface area contributed by atoms with E-state index in [1.165, 1.54) is 25.6 Å². The van der Waals surface area contributed by atoms with Gasteiger partial charge in [-0.1, -0.05) is 24.3 Å². The molecular formula is C25H32N8OS. The van der Waals surface area contributed by atoms with Gasteiger partial charge in [0.05, 0.1) is 11.6 Å². The lowest BCUT2D eigenvalue weighted by molar-refractivity contribution is 0.286. The molecule has 0 spiro atoms. The van der Waals surface area contributed by atoms with Crippen LogP contribution in [0.3, 0.4) is 0 Å². The molecule has 1 atom stereocenters. The smallest absolute Gasteiger partial charge is 0.292 e. The molecule has 4 heterocycles. The largest absolute Gasteiger partial charge is 0.361 e. The fraction of sp³-hybridized carbons (Fsp3) is 0.360. The van der Waals surface area contributed by atoms with E-state index >= 15 is 0 Å². The van der Waals surface area contributed by atoms with Crippen LogP contribution < -0.4 is 32.4 Å². The average molecular weight is 493 g/mol. The molecule has 10 heteroatoms. The Balaban J connectivity index is 1.43. The second-order valence-corrected chi connectivity index (χ2v) is 9.95. The van der Waals surface area contributed by atoms with E-state index in [2.05, 4.69) is 80.1 Å². The van der Waals surface area contributed by atoms with Crippen molar-refractivity contribution in [1.82, 2.24) is 30.7 Å². The first kappa shape index (κ1) is 23.4. The van der Waals surface area contributed by atoms with Gasteiger partial charge in [-0.25, -0.2) is 4.68 Å². The molecule has 0 bridgehead atoms. The van der Waals surface area contributed by atoms with Crippen molar-refractivity contribution in [2.24, 2.45) is 7.05 Å². The highest BCUT2D eigenvalue weighted by molar-refractivity contribution is 7.15. The average Bonchev–Trinajstić information content (AvgIpc) is 3.38. The summed E-state index contributed by atoms with van der Waals surface area (Å²) in [6, 6.07) is 12.9. The van der Waals surface area contributed by atoms with Crippen LogP contribution in [0.2, 0.25) is 0 Å². The van der Waals surface area contributed by atoms with Crippen molar-refractivity contribution >= 4 is 28.9 Å². The Bertz CT molecular complexity index is 1290. The lowest BCUT2D eigenvalue weighted by Gasteiger charge is -2.34. The van der Waals surface area contributed by atoms with Gasteiger partial charge in [-0.15, -0.1) is 11.3 Å². The fourth-order valence-corrected chi connectivity index (χ4v) is 5.57. The summed E-state index contributed by atoms with van der Waals surface area (Å²) in [5, 5.41) is 14.8. The number of piperazine rings is 1. The zero-order valence-electron chi connectivity index (χ0n) is 20.3. The minimum Gasteiger partial charge on any atom is -0.361 e. The van der Waals surface area contributed by atoms with Crippen LogP contribution in [-0.2, 0) is 13.6 Å². The second-order valence-electron chi connectivity index (χ2n) is 8.84. The Hall–Kier alpha value is -3.34. The molecule has 5 N–H and O–H groups in total. The molecule has 2 aliphatic heterocycles. The summed E-state index contributed by atoms with van der Waals surface area (Å²) < 4.78 is 1.38. The summed E-state index contributed by atoms with van der Waals surface area (Å²) in [5.74, 6) is 1.63. The molecule has 35 heavy (non-hydrogen) atoms. The van der Waals surface area contributed by atoms with Crippen LogP contribution in [0, 0.1) is 0 Å². The van der Waals surface area contributed by atoms with Crippen molar-refractivity contribution in [2.75, 3.05) is 44.0 Å². The van der Waals surface area contributed by atoms with Gasteiger partial charge in [0.1, 0.15) is 11.5 Å². The minimum atomic E-state index is -0.166. The molecule has 0 amide bonds. The highest BCUT2D eigenvalue weighted by Gasteiger charge is 2.24. The Morgan fingerprint density at radius 1 is 1.14 bits per heavy atom. The third kappa shape index (κ3) is 4.77. The van der Waals surface area contributed by atoms with Crippen LogP contribution in [0.4, 0.5) is 11.5 Å². The number of nitrogens with one attached hydrogen (secondary N) is 5. The molecule has 0 radical (unpaired) electrons. The molecule has 0 unspecified atom stereocenters. The molecule has 5 rings (SSSR count). The third-order valence-corrected chi connectivity index (χ3v) is 7.69. The lowest BCUT2D eigenvalue weighted by atomic mass is 10.1. The van der Waals surface area contributed by atoms with Crippen LogP contribution in [0.15, 0.2) is 47.0 Å². The zero-order valence-corrected chi connectivity index (χ0v) is 21.1. The fourth-order valence-electron chi connectivity index (χ4n) is 4.50. The van der Waals surface area contributed by atoms with Crippen LogP contribution in [0.25, 0.3) is 16.5 Å². The van der Waals surface area contributed by atoms with Gasteiger partial charge in [-0.3, -0.25) is 15.6 Å². The molecular weight excluding hydrogens is 460 g/mol. The van der Waals surface area contributed by atoms with Crippen molar-refractivity contribution in [1.29, 1.82) is 0 Å². The van der Waals surface area contributed by atoms with E-state index in [4.69, 9.17) is 0 Å². The van der Waals surface area contributed by atoms with Gasteiger partial charge in [0.2, 0.25) is 0 Å². The maximum atomic E-state index is 12.8. The van der Waals surface area contributed by atoms with Gasteiger partial charge in [-0.05, 0) is 43.3 Å². The van der Waals surface area contributed by atoms with E-state index in [1.54, 1.807) is 18.4 Å². The molecule has 2 aliphatic rings. The lowest BCUT2D eigenvalue weighted by Crippen LogP contribution is -2.48. The van der Waals surface area contributed by atoms with Gasteiger partial charge in [0.15, 0.2) is 5.82 Å². The van der Waals surface area contributed by atoms with Crippen molar-refractivity contribution in [2.45, 2.75) is 19.5 Å². The Morgan fingerprint density at radius 3 is 2.74 bits per heavy atom. The maximum absolute atomic E-state index is 12.8. The summed E-state index contributed by atoms with van der Waals surface area (Å²) in [6.45, 7) is 6.63. The summed E-state index contributed by atoms with van der Waals surface area (Å²) in [7, 11) is 3.65. The highest BCUT2D eigenvalue weighted by Crippen LogP contribution is 2.35. The van der Waals surface area contributed by atoms with Crippen LogP contribution in [-0.4, -0.2) is 47.9 Å². The van der Waals surface area contributed by atoms with Crippen molar-refractivity contribution in [3.05, 3.63) is 68.6 Å². The summed E-state index contributed by atoms with van der Waals surface area (Å²) in [5.41, 5.74) is 9.97. The number of fused-ring (bicyclic) bond motifs is 1. The molecule has 1 fully saturated rings. The Morgan fingerprint density at radius 2 is 1.94 bits per heavy atom. The number of aryl methyl sites for hydroxylation is 1. The number of thiophene rings is 1. The van der Waals surface area contributed by atoms with E-state index < -0.39 is 0 Å². The number of hydrazine groups is 1. The molecule has 9 nitrogen and oxygen atoms in total. The normalized spacial score (nSPS) is 16.1. The molecule has 0 saturated carbocycles. The van der Waals surface area contributed by atoms with E-state index in [0.717, 1.165) is 44.1 Å². The Kier molecular flexibility index (Phi) is 6.76. The van der Waals surface area contributed by atoms with Crippen LogP contribution in [0.5, 0.6) is 0 Å². The standard InChI is InChI=1S/C25H32N8OS/c1-16(20-8-9-21(35-20)18-7-5-4-6-17(18)15-26-2)28-24-19-14-22(33-12-10-27-11-13-33)29-30-23(19)25(34)32(3)31-24/h4-9,14,16,26-27,29-30H,10-13,15H2,1-3H3,(H,28,31)/t16-/m1/s1. The third-order valence-electron chi connectivity index (χ3n) is 6.39. The summed E-state index contributed by atoms with van der Waals surface area (Å²) in [6.07, 6.45) is 2.02. The van der Waals surface area contributed by atoms with E-state index in [-0.39, 0.29) is 11.6 Å². The number of rotatable bonds is 7. The SMILES string of the molecule is CNCc1ccccc1-c1ccc([C@@H](C)Nc2nn(C)c(=O)c3c2C=C(N2CCNCC2)NN3)s1. The van der Waals surface area contributed by atoms with Crippen molar-refractivity contribution < 1.29 is 0 Å². The molecule has 3 aromatic rings. The summed E-state index contributed by atoms with van der Waals surface area (Å²) >= 11 is 1.78. The molecule has 1 saturated heterocycles. The second kappa shape index (κ2) is 10.1. The predicted molar refractivity (Wildman–Crippen MR) is 143 cm³/mol. The van der Waals surface area contributed by atoms with Gasteiger partial charge in [0.25, 0.3) is 5.56 Å². The number of hydrogen-bond acceptors (Lipinski definition) is 9. The van der Waals surface area contributed by atoms with E-state index in [1.807, 2.05) is 13.1 Å². The van der Waals surface area contributed by atoms with Crippen molar-refractivity contribution in [3.63, 3.8) is 0 Å². The van der Waals surface area contributed by atoms with Crippen LogP contribution >= 0.6 is 11.3 Å². The minimum absolute atomic E-state index is 0.0187. The summed E-state index contributed by atoms with van der Waals surface area (Å²) in [4.78, 5) is 17.5. The molecule has 1 aromatic carbocycles. The quantitative estimate of drug-likeness (QED) is 0.343. The maximum Gasteiger partial charge on any atom is 0.292 e.